The lowest BCUT2D eigenvalue weighted by Crippen LogP contribution is -2.47. The van der Waals surface area contributed by atoms with E-state index in [-0.39, 0.29) is 34.2 Å². The lowest BCUT2D eigenvalue weighted by molar-refractivity contribution is 0.0904. The molecule has 0 aliphatic carbocycles. The number of rotatable bonds is 18. The Morgan fingerprint density at radius 1 is 0.953 bits per heavy atom. The van der Waals surface area contributed by atoms with Crippen molar-refractivity contribution in [1.29, 1.82) is 0 Å². The van der Waals surface area contributed by atoms with Crippen molar-refractivity contribution in [2.45, 2.75) is 130 Å². The number of aromatic nitrogens is 4. The number of fused-ring (bicyclic) bond motifs is 2. The number of pyridine rings is 2. The normalized spacial score (nSPS) is 14.5. The summed E-state index contributed by atoms with van der Waals surface area (Å²) in [7, 11) is -2.29. The second kappa shape index (κ2) is 19.8. The number of carbonyl (C=O) groups is 1. The number of hydrogen-bond donors (Lipinski definition) is 4. The van der Waals surface area contributed by atoms with E-state index in [1.54, 1.807) is 6.07 Å². The van der Waals surface area contributed by atoms with Gasteiger partial charge in [0.15, 0.2) is 14.0 Å². The third-order valence-electron chi connectivity index (χ3n) is 12.9. The number of nitrogens with zero attached hydrogens (tertiary/aromatic N) is 3. The summed E-state index contributed by atoms with van der Waals surface area (Å²) in [5.74, 6) is 0.475. The Bertz CT molecular complexity index is 2610. The molecule has 0 unspecified atom stereocenters. The number of aromatic amines is 1. The van der Waals surface area contributed by atoms with Crippen LogP contribution in [-0.4, -0.2) is 65.3 Å². The average Bonchev–Trinajstić information content (AvgIpc) is 3.69. The van der Waals surface area contributed by atoms with E-state index < -0.39 is 8.32 Å². The Morgan fingerprint density at radius 2 is 1.70 bits per heavy atom. The van der Waals surface area contributed by atoms with Crippen molar-refractivity contribution >= 4 is 41.8 Å². The van der Waals surface area contributed by atoms with Crippen LogP contribution in [0.5, 0.6) is 5.75 Å². The molecule has 6 aromatic rings. The van der Waals surface area contributed by atoms with Gasteiger partial charge in [-0.1, -0.05) is 76.2 Å². The smallest absolute Gasteiger partial charge is 0.251 e. The van der Waals surface area contributed by atoms with Crippen molar-refractivity contribution in [1.82, 2.24) is 30.4 Å². The third kappa shape index (κ3) is 10.9. The fourth-order valence-electron chi connectivity index (χ4n) is 8.27. The molecular weight excluding hydrogens is 819 g/mol. The second-order valence-corrected chi connectivity index (χ2v) is 24.0. The van der Waals surface area contributed by atoms with E-state index in [2.05, 4.69) is 99.7 Å². The molecule has 3 aromatic carbocycles. The highest BCUT2D eigenvalue weighted by Crippen LogP contribution is 2.41. The number of anilines is 1. The van der Waals surface area contributed by atoms with Gasteiger partial charge < -0.3 is 34.8 Å². The molecule has 1 aliphatic rings. The number of benzene rings is 3. The zero-order valence-electron chi connectivity index (χ0n) is 39.2. The highest BCUT2D eigenvalue weighted by molar-refractivity contribution is 6.74. The van der Waals surface area contributed by atoms with E-state index in [1.165, 1.54) is 0 Å². The zero-order chi connectivity index (χ0) is 45.6. The summed E-state index contributed by atoms with van der Waals surface area (Å²) in [5.41, 5.74) is 7.56. The number of ether oxygens (including phenoxy) is 2. The van der Waals surface area contributed by atoms with Gasteiger partial charge in [-0.15, -0.1) is 0 Å². The van der Waals surface area contributed by atoms with Crippen molar-refractivity contribution in [2.24, 2.45) is 0 Å². The molecule has 4 heterocycles. The molecular formula is C51H67N7O5Si. The maximum atomic E-state index is 14.0. The van der Waals surface area contributed by atoms with Crippen molar-refractivity contribution in [3.8, 4) is 5.75 Å². The minimum absolute atomic E-state index is 0.0345. The van der Waals surface area contributed by atoms with Gasteiger partial charge in [-0.3, -0.25) is 9.59 Å². The van der Waals surface area contributed by atoms with Crippen LogP contribution in [0.3, 0.4) is 0 Å². The number of carbonyl (C=O) groups excluding carboxylic acids is 1. The van der Waals surface area contributed by atoms with Gasteiger partial charge in [0.2, 0.25) is 5.56 Å². The van der Waals surface area contributed by atoms with Crippen LogP contribution in [0.1, 0.15) is 106 Å². The molecule has 64 heavy (non-hydrogen) atoms. The number of H-pyrrole nitrogens is 1. The molecule has 13 heteroatoms. The Hall–Kier alpha value is -5.34. The Morgan fingerprint density at radius 3 is 2.42 bits per heavy atom. The van der Waals surface area contributed by atoms with E-state index in [1.807, 2.05) is 71.5 Å². The molecule has 1 amide bonds. The first-order valence-electron chi connectivity index (χ1n) is 22.9. The van der Waals surface area contributed by atoms with Crippen LogP contribution in [-0.2, 0) is 41.7 Å². The van der Waals surface area contributed by atoms with Gasteiger partial charge in [0.1, 0.15) is 12.4 Å². The SMILES string of the molecule is CCc1nc2c(cnn2CC)c(NC2CCOCC2)c1CNC(=O)c1cccc(CC(C)(C)NC[C@H](O[Si](C)(C)C(C)(C)C)c2ccc(OCc3ccccc3)c3[nH]c(=O)ccc23)c1. The largest absolute Gasteiger partial charge is 0.487 e. The molecule has 7 rings (SSSR count). The summed E-state index contributed by atoms with van der Waals surface area (Å²) in [6, 6.07) is 25.6. The van der Waals surface area contributed by atoms with E-state index in [4.69, 9.17) is 18.9 Å². The van der Waals surface area contributed by atoms with Gasteiger partial charge in [0.05, 0.1) is 28.9 Å². The molecule has 0 radical (unpaired) electrons. The first-order chi connectivity index (χ1) is 30.6. The summed E-state index contributed by atoms with van der Waals surface area (Å²) in [4.78, 5) is 34.8. The first-order valence-corrected chi connectivity index (χ1v) is 25.8. The van der Waals surface area contributed by atoms with Crippen LogP contribution in [0.15, 0.2) is 89.9 Å². The van der Waals surface area contributed by atoms with Crippen LogP contribution >= 0.6 is 0 Å². The third-order valence-corrected chi connectivity index (χ3v) is 17.4. The standard InChI is InChI=1S/C51H67N7O5Si/c1-10-42-40(46(55-37-24-26-61-27-25-37)41-31-54-58(11-2)48(41)56-42)30-52-49(60)36-19-15-18-35(28-36)29-51(6,7)53-32-44(63-64(8,9)50(3,4)5)38-20-22-43(47-39(38)21-23-45(59)57-47)62-33-34-16-13-12-14-17-34/h12-23,28,31,37,44,53H,10-11,24-27,29-30,32-33H2,1-9H3,(H,52,60)(H,55,56)(H,57,59)/t44-/m0/s1. The Labute approximate surface area is 379 Å². The van der Waals surface area contributed by atoms with Crippen molar-refractivity contribution in [3.05, 3.63) is 129 Å². The van der Waals surface area contributed by atoms with Crippen LogP contribution in [0.2, 0.25) is 18.1 Å². The van der Waals surface area contributed by atoms with Crippen LogP contribution < -0.4 is 26.2 Å². The summed E-state index contributed by atoms with van der Waals surface area (Å²) in [5, 5.41) is 17.4. The highest BCUT2D eigenvalue weighted by atomic mass is 28.4. The molecule has 1 atom stereocenters. The average molecular weight is 886 g/mol. The Kier molecular flexibility index (Phi) is 14.4. The van der Waals surface area contributed by atoms with Crippen molar-refractivity contribution in [2.75, 3.05) is 25.1 Å². The topological polar surface area (TPSA) is 144 Å². The van der Waals surface area contributed by atoms with E-state index in [0.717, 1.165) is 89.1 Å². The van der Waals surface area contributed by atoms with Crippen molar-refractivity contribution in [3.63, 3.8) is 0 Å². The molecule has 1 aliphatic heterocycles. The Balaban J connectivity index is 1.09. The van der Waals surface area contributed by atoms with Gasteiger partial charge >= 0.3 is 0 Å². The molecule has 3 aromatic heterocycles. The van der Waals surface area contributed by atoms with Gasteiger partial charge in [0, 0.05) is 72.7 Å². The number of amides is 1. The van der Waals surface area contributed by atoms with Crippen LogP contribution in [0.4, 0.5) is 5.69 Å². The van der Waals surface area contributed by atoms with E-state index >= 15 is 0 Å². The molecule has 12 nitrogen and oxygen atoms in total. The quantitative estimate of drug-likeness (QED) is 0.0621. The summed E-state index contributed by atoms with van der Waals surface area (Å²) in [6.07, 6.45) is 4.79. The maximum absolute atomic E-state index is 14.0. The lowest BCUT2D eigenvalue weighted by atomic mass is 9.93. The van der Waals surface area contributed by atoms with Gasteiger partial charge in [-0.25, -0.2) is 9.67 Å². The number of hydrogen-bond acceptors (Lipinski definition) is 9. The predicted octanol–water partition coefficient (Wildman–Crippen LogP) is 9.63. The molecule has 1 saturated heterocycles. The molecule has 0 spiro atoms. The minimum Gasteiger partial charge on any atom is -0.487 e. The van der Waals surface area contributed by atoms with Gasteiger partial charge in [-0.05, 0) is 106 Å². The summed E-state index contributed by atoms with van der Waals surface area (Å²) >= 11 is 0. The zero-order valence-corrected chi connectivity index (χ0v) is 40.2. The fourth-order valence-corrected chi connectivity index (χ4v) is 9.54. The molecule has 0 bridgehead atoms. The van der Waals surface area contributed by atoms with Crippen molar-refractivity contribution < 1.29 is 18.7 Å². The molecule has 340 valence electrons. The van der Waals surface area contributed by atoms with Crippen LogP contribution in [0.25, 0.3) is 21.9 Å². The van der Waals surface area contributed by atoms with E-state index in [0.29, 0.717) is 42.9 Å². The highest BCUT2D eigenvalue weighted by Gasteiger charge is 2.40. The maximum Gasteiger partial charge on any atom is 0.251 e. The van der Waals surface area contributed by atoms with Gasteiger partial charge in [0.25, 0.3) is 5.91 Å². The second-order valence-electron chi connectivity index (χ2n) is 19.2. The monoisotopic (exact) mass is 885 g/mol. The number of aryl methyl sites for hydroxylation is 2. The molecule has 0 saturated carbocycles. The molecule has 4 N–H and O–H groups in total. The predicted molar refractivity (Wildman–Crippen MR) is 260 cm³/mol. The minimum atomic E-state index is -2.29. The fraction of sp³-hybridized carbons (Fsp3) is 0.451. The lowest BCUT2D eigenvalue weighted by Gasteiger charge is -2.40. The van der Waals surface area contributed by atoms with E-state index in [9.17, 15) is 9.59 Å². The molecule has 1 fully saturated rings. The van der Waals surface area contributed by atoms with Gasteiger partial charge in [-0.2, -0.15) is 5.10 Å². The summed E-state index contributed by atoms with van der Waals surface area (Å²) in [6.45, 7) is 23.2. The first kappa shape index (κ1) is 46.6. The summed E-state index contributed by atoms with van der Waals surface area (Å²) < 4.78 is 21.1. The van der Waals surface area contributed by atoms with Crippen LogP contribution in [0, 0.1) is 0 Å². The number of nitrogens with one attached hydrogen (secondary N) is 4.